The van der Waals surface area contributed by atoms with Gasteiger partial charge in [0.05, 0.1) is 11.4 Å². The van der Waals surface area contributed by atoms with Crippen molar-refractivity contribution < 1.29 is 4.79 Å². The zero-order chi connectivity index (χ0) is 20.8. The predicted octanol–water partition coefficient (Wildman–Crippen LogP) is 4.34. The van der Waals surface area contributed by atoms with E-state index in [-0.39, 0.29) is 11.9 Å². The van der Waals surface area contributed by atoms with Crippen molar-refractivity contribution in [1.29, 1.82) is 0 Å². The van der Waals surface area contributed by atoms with Crippen LogP contribution >= 0.6 is 11.8 Å². The van der Waals surface area contributed by atoms with Crippen molar-refractivity contribution in [2.24, 2.45) is 0 Å². The lowest BCUT2D eigenvalue weighted by atomic mass is 10.1. The van der Waals surface area contributed by atoms with Gasteiger partial charge >= 0.3 is 0 Å². The van der Waals surface area contributed by atoms with Crippen molar-refractivity contribution in [3.8, 4) is 17.1 Å². The Labute approximate surface area is 176 Å². The summed E-state index contributed by atoms with van der Waals surface area (Å²) < 4.78 is 2.01. The molecule has 3 aromatic rings. The number of pyridine rings is 1. The van der Waals surface area contributed by atoms with Gasteiger partial charge in [0.25, 0.3) is 0 Å². The smallest absolute Gasteiger partial charge is 0.230 e. The van der Waals surface area contributed by atoms with Crippen LogP contribution in [0.3, 0.4) is 0 Å². The molecule has 0 aliphatic carbocycles. The second-order valence-corrected chi connectivity index (χ2v) is 7.99. The molecule has 3 rings (SSSR count). The Kier molecular flexibility index (Phi) is 7.04. The Hall–Kier alpha value is -2.67. The van der Waals surface area contributed by atoms with E-state index in [9.17, 15) is 4.79 Å². The van der Waals surface area contributed by atoms with E-state index in [2.05, 4.69) is 66.4 Å². The van der Waals surface area contributed by atoms with Crippen molar-refractivity contribution in [2.45, 2.75) is 51.7 Å². The van der Waals surface area contributed by atoms with Gasteiger partial charge in [0.1, 0.15) is 0 Å². The first-order chi connectivity index (χ1) is 14.0. The number of amides is 1. The molecule has 0 saturated heterocycles. The monoisotopic (exact) mass is 409 g/mol. The molecule has 0 fully saturated rings. The van der Waals surface area contributed by atoms with Crippen molar-refractivity contribution in [2.75, 3.05) is 5.75 Å². The quantitative estimate of drug-likeness (QED) is 0.560. The summed E-state index contributed by atoms with van der Waals surface area (Å²) in [5.41, 5.74) is 4.20. The normalized spacial score (nSPS) is 11.1. The molecule has 0 saturated carbocycles. The predicted molar refractivity (Wildman–Crippen MR) is 117 cm³/mol. The maximum absolute atomic E-state index is 12.4. The van der Waals surface area contributed by atoms with E-state index in [0.717, 1.165) is 29.7 Å². The molecule has 0 spiro atoms. The Morgan fingerprint density at radius 1 is 1.17 bits per heavy atom. The van der Waals surface area contributed by atoms with Crippen molar-refractivity contribution in [1.82, 2.24) is 25.1 Å². The number of carbonyl (C=O) groups is 1. The van der Waals surface area contributed by atoms with Gasteiger partial charge in [0.2, 0.25) is 5.91 Å². The molecule has 1 aromatic carbocycles. The number of nitrogens with zero attached hydrogens (tertiary/aromatic N) is 4. The second-order valence-electron chi connectivity index (χ2n) is 7.04. The van der Waals surface area contributed by atoms with Crippen LogP contribution in [0, 0.1) is 13.8 Å². The fraction of sp³-hybridized carbons (Fsp3) is 0.364. The van der Waals surface area contributed by atoms with Crippen LogP contribution in [0.2, 0.25) is 0 Å². The van der Waals surface area contributed by atoms with Crippen LogP contribution < -0.4 is 5.32 Å². The average Bonchev–Trinajstić information content (AvgIpc) is 3.14. The molecule has 2 aromatic heterocycles. The van der Waals surface area contributed by atoms with Gasteiger partial charge < -0.3 is 5.32 Å². The molecule has 1 N–H and O–H groups in total. The second kappa shape index (κ2) is 9.69. The first-order valence-electron chi connectivity index (χ1n) is 9.89. The summed E-state index contributed by atoms with van der Waals surface area (Å²) in [5, 5.41) is 12.6. The summed E-state index contributed by atoms with van der Waals surface area (Å²) in [5.74, 6) is 1.03. The first-order valence-corrected chi connectivity index (χ1v) is 10.9. The van der Waals surface area contributed by atoms with Crippen LogP contribution in [0.4, 0.5) is 0 Å². The highest BCUT2D eigenvalue weighted by molar-refractivity contribution is 7.99. The number of aryl methyl sites for hydroxylation is 2. The fourth-order valence-electron chi connectivity index (χ4n) is 3.21. The maximum Gasteiger partial charge on any atom is 0.230 e. The van der Waals surface area contributed by atoms with Crippen LogP contribution in [0.5, 0.6) is 0 Å². The summed E-state index contributed by atoms with van der Waals surface area (Å²) >= 11 is 1.40. The lowest BCUT2D eigenvalue weighted by Crippen LogP contribution is -2.35. The SMILES string of the molecule is CCC(CC)NC(=O)CSc1nnc(-c2cccnc2)n1-c1ccc(C)cc1C. The van der Waals surface area contributed by atoms with E-state index in [1.165, 1.54) is 17.3 Å². The highest BCUT2D eigenvalue weighted by Gasteiger charge is 2.19. The van der Waals surface area contributed by atoms with Gasteiger partial charge in [0.15, 0.2) is 11.0 Å². The Bertz CT molecular complexity index is 967. The van der Waals surface area contributed by atoms with E-state index >= 15 is 0 Å². The van der Waals surface area contributed by atoms with Gasteiger partial charge in [-0.2, -0.15) is 0 Å². The van der Waals surface area contributed by atoms with Crippen LogP contribution in [0.25, 0.3) is 17.1 Å². The molecule has 0 atom stereocenters. The Morgan fingerprint density at radius 2 is 1.97 bits per heavy atom. The first kappa shape index (κ1) is 21.0. The highest BCUT2D eigenvalue weighted by atomic mass is 32.2. The minimum atomic E-state index is 0.0156. The van der Waals surface area contributed by atoms with E-state index in [1.54, 1.807) is 12.4 Å². The van der Waals surface area contributed by atoms with Gasteiger partial charge in [-0.15, -0.1) is 10.2 Å². The molecule has 0 aliphatic rings. The molecule has 29 heavy (non-hydrogen) atoms. The Morgan fingerprint density at radius 3 is 2.62 bits per heavy atom. The molecule has 0 aliphatic heterocycles. The lowest BCUT2D eigenvalue weighted by Gasteiger charge is -2.15. The van der Waals surface area contributed by atoms with Gasteiger partial charge in [-0.3, -0.25) is 14.3 Å². The van der Waals surface area contributed by atoms with Crippen LogP contribution in [0.15, 0.2) is 47.9 Å². The minimum Gasteiger partial charge on any atom is -0.353 e. The largest absolute Gasteiger partial charge is 0.353 e. The highest BCUT2D eigenvalue weighted by Crippen LogP contribution is 2.29. The number of nitrogens with one attached hydrogen (secondary N) is 1. The van der Waals surface area contributed by atoms with E-state index in [0.29, 0.717) is 16.7 Å². The third kappa shape index (κ3) is 5.03. The average molecular weight is 410 g/mol. The molecule has 152 valence electrons. The van der Waals surface area contributed by atoms with Gasteiger partial charge in [-0.25, -0.2) is 0 Å². The number of carbonyl (C=O) groups excluding carboxylic acids is 1. The third-order valence-corrected chi connectivity index (χ3v) is 5.76. The molecule has 0 bridgehead atoms. The van der Waals surface area contributed by atoms with E-state index < -0.39 is 0 Å². The molecule has 7 heteroatoms. The van der Waals surface area contributed by atoms with E-state index in [4.69, 9.17) is 0 Å². The van der Waals surface area contributed by atoms with Crippen molar-refractivity contribution in [3.63, 3.8) is 0 Å². The summed E-state index contributed by atoms with van der Waals surface area (Å²) in [4.78, 5) is 16.6. The lowest BCUT2D eigenvalue weighted by molar-refractivity contribution is -0.119. The van der Waals surface area contributed by atoms with Crippen LogP contribution in [-0.2, 0) is 4.79 Å². The summed E-state index contributed by atoms with van der Waals surface area (Å²) in [6.45, 7) is 8.31. The molecule has 0 unspecified atom stereocenters. The molecule has 0 radical (unpaired) electrons. The van der Waals surface area contributed by atoms with Gasteiger partial charge in [-0.05, 0) is 50.5 Å². The molecular formula is C22H27N5OS. The van der Waals surface area contributed by atoms with E-state index in [1.807, 2.05) is 16.7 Å². The van der Waals surface area contributed by atoms with Crippen LogP contribution in [-0.4, -0.2) is 37.5 Å². The molecular weight excluding hydrogens is 382 g/mol. The number of benzene rings is 1. The number of rotatable bonds is 8. The molecule has 2 heterocycles. The van der Waals surface area contributed by atoms with Gasteiger partial charge in [0, 0.05) is 24.0 Å². The summed E-state index contributed by atoms with van der Waals surface area (Å²) in [6, 6.07) is 10.3. The number of hydrogen-bond donors (Lipinski definition) is 1. The zero-order valence-corrected chi connectivity index (χ0v) is 18.2. The number of hydrogen-bond acceptors (Lipinski definition) is 5. The third-order valence-electron chi connectivity index (χ3n) is 4.83. The minimum absolute atomic E-state index is 0.0156. The van der Waals surface area contributed by atoms with Crippen molar-refractivity contribution >= 4 is 17.7 Å². The van der Waals surface area contributed by atoms with Crippen LogP contribution in [0.1, 0.15) is 37.8 Å². The molecule has 6 nitrogen and oxygen atoms in total. The Balaban J connectivity index is 1.93. The van der Waals surface area contributed by atoms with Gasteiger partial charge in [-0.1, -0.05) is 43.3 Å². The summed E-state index contributed by atoms with van der Waals surface area (Å²) in [7, 11) is 0. The maximum atomic E-state index is 12.4. The number of aromatic nitrogens is 4. The zero-order valence-electron chi connectivity index (χ0n) is 17.3. The fourth-order valence-corrected chi connectivity index (χ4v) is 3.97. The topological polar surface area (TPSA) is 72.7 Å². The van der Waals surface area contributed by atoms with Crippen molar-refractivity contribution in [3.05, 3.63) is 53.9 Å². The standard InChI is InChI=1S/C22H27N5OS/c1-5-18(6-2)24-20(28)14-29-22-26-25-21(17-8-7-11-23-13-17)27(22)19-10-9-15(3)12-16(19)4/h7-13,18H,5-6,14H2,1-4H3,(H,24,28). The number of thioether (sulfide) groups is 1. The molecule has 1 amide bonds. The summed E-state index contributed by atoms with van der Waals surface area (Å²) in [6.07, 6.45) is 5.37.